The van der Waals surface area contributed by atoms with Gasteiger partial charge in [-0.2, -0.15) is 52.7 Å². The summed E-state index contributed by atoms with van der Waals surface area (Å²) in [7, 11) is 0. The highest BCUT2D eigenvalue weighted by molar-refractivity contribution is 14.1. The van der Waals surface area contributed by atoms with Crippen LogP contribution in [0.3, 0.4) is 0 Å². The van der Waals surface area contributed by atoms with Crippen LogP contribution >= 0.6 is 22.6 Å². The van der Waals surface area contributed by atoms with Gasteiger partial charge in [0.1, 0.15) is 11.5 Å². The molecule has 0 N–H and O–H groups in total. The van der Waals surface area contributed by atoms with Crippen LogP contribution in [0.5, 0.6) is 11.5 Å². The molecule has 0 saturated carbocycles. The highest BCUT2D eigenvalue weighted by Crippen LogP contribution is 2.52. The van der Waals surface area contributed by atoms with Crippen molar-refractivity contribution in [3.8, 4) is 44.9 Å². The fourth-order valence-corrected chi connectivity index (χ4v) is 7.82. The van der Waals surface area contributed by atoms with Crippen molar-refractivity contribution in [2.24, 2.45) is 5.92 Å². The van der Waals surface area contributed by atoms with Gasteiger partial charge in [0, 0.05) is 34.7 Å². The van der Waals surface area contributed by atoms with Gasteiger partial charge in [-0.3, -0.25) is 4.90 Å². The Morgan fingerprint density at radius 2 is 0.944 bits per heavy atom. The molecule has 2 heterocycles. The Bertz CT molecular complexity index is 1850. The van der Waals surface area contributed by atoms with Crippen LogP contribution in [-0.2, 0) is 37.8 Å². The zero-order chi connectivity index (χ0) is 39.5. The third-order valence-corrected chi connectivity index (χ3v) is 11.6. The molecule has 2 unspecified atom stereocenters. The number of hydrogen-bond acceptors (Lipinski definition) is 3. The molecule has 2 aliphatic heterocycles. The van der Waals surface area contributed by atoms with E-state index in [9.17, 15) is 52.7 Å². The van der Waals surface area contributed by atoms with Gasteiger partial charge in [-0.1, -0.05) is 55.0 Å². The Hall–Kier alpha value is -3.67. The van der Waals surface area contributed by atoms with Gasteiger partial charge in [-0.05, 0) is 94.3 Å². The molecule has 16 heteroatoms. The topological polar surface area (TPSA) is 21.7 Å². The van der Waals surface area contributed by atoms with E-state index in [1.807, 2.05) is 18.7 Å². The minimum Gasteiger partial charge on any atom is -0.457 e. The van der Waals surface area contributed by atoms with Crippen molar-refractivity contribution in [2.45, 2.75) is 68.4 Å². The summed E-state index contributed by atoms with van der Waals surface area (Å²) in [6.07, 6.45) is -19.2. The van der Waals surface area contributed by atoms with E-state index >= 15 is 0 Å². The molecule has 0 saturated heterocycles. The second-order valence-electron chi connectivity index (χ2n) is 13.2. The summed E-state index contributed by atoms with van der Waals surface area (Å²) < 4.78 is 180. The predicted molar refractivity (Wildman–Crippen MR) is 185 cm³/mol. The van der Waals surface area contributed by atoms with Gasteiger partial charge in [0.05, 0.1) is 22.3 Å². The number of nitrogens with zero attached hydrogens (tertiary/aromatic N) is 1. The molecule has 290 valence electrons. The summed E-state index contributed by atoms with van der Waals surface area (Å²) in [5.74, 6) is 0.223. The van der Waals surface area contributed by atoms with E-state index in [1.165, 1.54) is 24.3 Å². The number of halogens is 13. The van der Waals surface area contributed by atoms with Crippen molar-refractivity contribution in [3.63, 3.8) is 0 Å². The average molecular weight is 888 g/mol. The van der Waals surface area contributed by atoms with Crippen LogP contribution in [0.25, 0.3) is 33.4 Å². The normalized spacial score (nSPS) is 16.1. The maximum absolute atomic E-state index is 14.0. The van der Waals surface area contributed by atoms with E-state index in [2.05, 4.69) is 22.6 Å². The zero-order valence-electron chi connectivity index (χ0n) is 28.3. The summed E-state index contributed by atoms with van der Waals surface area (Å²) in [5, 5.41) is 0. The van der Waals surface area contributed by atoms with Crippen molar-refractivity contribution in [3.05, 3.63) is 94.0 Å². The zero-order valence-corrected chi connectivity index (χ0v) is 30.5. The van der Waals surface area contributed by atoms with Gasteiger partial charge >= 0.3 is 24.7 Å². The number of benzene rings is 4. The van der Waals surface area contributed by atoms with Gasteiger partial charge in [-0.25, -0.2) is 0 Å². The Morgan fingerprint density at radius 3 is 1.26 bits per heavy atom. The van der Waals surface area contributed by atoms with Crippen molar-refractivity contribution < 1.29 is 62.2 Å². The van der Waals surface area contributed by atoms with Crippen molar-refractivity contribution in [1.82, 2.24) is 4.90 Å². The predicted octanol–water partition coefficient (Wildman–Crippen LogP) is 13.0. The van der Waals surface area contributed by atoms with Crippen LogP contribution in [0.15, 0.2) is 60.7 Å². The molecule has 0 radical (unpaired) electrons. The van der Waals surface area contributed by atoms with E-state index in [0.717, 1.165) is 6.42 Å². The van der Waals surface area contributed by atoms with Crippen LogP contribution in [0.4, 0.5) is 52.7 Å². The van der Waals surface area contributed by atoms with Crippen LogP contribution in [-0.4, -0.2) is 22.2 Å². The average Bonchev–Trinajstić information content (AvgIpc) is 3.39. The highest BCUT2D eigenvalue weighted by atomic mass is 127. The molecule has 0 spiro atoms. The Balaban J connectivity index is 1.69. The molecule has 4 aromatic carbocycles. The van der Waals surface area contributed by atoms with Crippen molar-refractivity contribution in [1.29, 1.82) is 0 Å². The van der Waals surface area contributed by atoms with Gasteiger partial charge in [0.25, 0.3) is 0 Å². The van der Waals surface area contributed by atoms with Gasteiger partial charge in [0.15, 0.2) is 0 Å². The van der Waals surface area contributed by atoms with Gasteiger partial charge in [-0.15, -0.1) is 0 Å². The first-order valence-electron chi connectivity index (χ1n) is 16.6. The Morgan fingerprint density at radius 1 is 0.574 bits per heavy atom. The smallest absolute Gasteiger partial charge is 0.416 e. The lowest BCUT2D eigenvalue weighted by molar-refractivity contribution is -0.144. The second-order valence-corrected chi connectivity index (χ2v) is 14.8. The molecular formula is C38H30F12INO2. The molecule has 3 nitrogen and oxygen atoms in total. The molecule has 4 aromatic rings. The summed E-state index contributed by atoms with van der Waals surface area (Å²) in [6.45, 7) is 3.69. The maximum Gasteiger partial charge on any atom is 0.416 e. The largest absolute Gasteiger partial charge is 0.457 e. The first kappa shape index (κ1) is 40.0. The molecule has 0 aliphatic carbocycles. The minimum atomic E-state index is -5.14. The molecule has 0 aromatic heterocycles. The lowest BCUT2D eigenvalue weighted by Gasteiger charge is -2.30. The number of ether oxygens (including phenoxy) is 2. The van der Waals surface area contributed by atoms with E-state index < -0.39 is 64.9 Å². The molecule has 0 bridgehead atoms. The standard InChI is InChI=1S/C38H30F12INO2/c1-3-19(30(51)4-2)15-52-16-28-26(20-9-22(35(39,40)41)13-23(10-20)36(42,43)44)5-7-31-33(28)34-29(17-52)27(6-8-32(34)54-18-53-31)21-11-24(37(45,46)47)14-25(12-21)38(48,49)50/h5-14,19,30H,3-4,15-18H2,1-2H3. The molecule has 0 amide bonds. The molecule has 54 heavy (non-hydrogen) atoms. The lowest BCUT2D eigenvalue weighted by Crippen LogP contribution is -2.32. The van der Waals surface area contributed by atoms with Crippen molar-refractivity contribution >= 4 is 22.6 Å². The lowest BCUT2D eigenvalue weighted by atomic mass is 9.85. The van der Waals surface area contributed by atoms with Crippen molar-refractivity contribution in [2.75, 3.05) is 13.3 Å². The van der Waals surface area contributed by atoms with E-state index in [4.69, 9.17) is 9.47 Å². The summed E-state index contributed by atoms with van der Waals surface area (Å²) in [5.41, 5.74) is -6.05. The Labute approximate surface area is 315 Å². The SMILES string of the molecule is CCC(I)C(CC)CN1Cc2c(-c3cc(C(F)(F)F)cc(C(F)(F)F)c3)ccc3c2-c2c(ccc(-c4cc(C(F)(F)F)cc(C(F)(F)F)c4)c2C1)OCO3. The van der Waals surface area contributed by atoms with Gasteiger partial charge < -0.3 is 9.47 Å². The molecule has 2 atom stereocenters. The highest BCUT2D eigenvalue weighted by Gasteiger charge is 2.40. The van der Waals surface area contributed by atoms with Crippen LogP contribution in [0, 0.1) is 5.92 Å². The van der Waals surface area contributed by atoms with E-state index in [-0.39, 0.29) is 79.9 Å². The first-order chi connectivity index (χ1) is 25.1. The van der Waals surface area contributed by atoms with Crippen LogP contribution in [0.1, 0.15) is 60.1 Å². The molecule has 6 rings (SSSR count). The summed E-state index contributed by atoms with van der Waals surface area (Å²) in [4.78, 5) is 1.86. The summed E-state index contributed by atoms with van der Waals surface area (Å²) >= 11 is 2.28. The van der Waals surface area contributed by atoms with Crippen LogP contribution in [0.2, 0.25) is 0 Å². The second kappa shape index (κ2) is 14.4. The van der Waals surface area contributed by atoms with Gasteiger partial charge in [0.2, 0.25) is 6.79 Å². The molecule has 2 aliphatic rings. The third kappa shape index (κ3) is 8.00. The Kier molecular flexibility index (Phi) is 10.7. The third-order valence-electron chi connectivity index (χ3n) is 9.71. The van der Waals surface area contributed by atoms with E-state index in [1.54, 1.807) is 0 Å². The number of hydrogen-bond donors (Lipinski definition) is 0. The number of rotatable bonds is 7. The minimum absolute atomic E-state index is 0.00181. The number of alkyl halides is 13. The monoisotopic (exact) mass is 887 g/mol. The first-order valence-corrected chi connectivity index (χ1v) is 17.9. The fraction of sp³-hybridized carbons (Fsp3) is 0.368. The van der Waals surface area contributed by atoms with Crippen LogP contribution < -0.4 is 9.47 Å². The molecule has 0 fully saturated rings. The molecular weight excluding hydrogens is 857 g/mol. The quantitative estimate of drug-likeness (QED) is 0.105. The maximum atomic E-state index is 14.0. The van der Waals surface area contributed by atoms with E-state index in [0.29, 0.717) is 37.2 Å². The summed E-state index contributed by atoms with van der Waals surface area (Å²) in [6, 6.07) is 7.89. The fourth-order valence-electron chi connectivity index (χ4n) is 7.08.